The van der Waals surface area contributed by atoms with Gasteiger partial charge in [-0.15, -0.1) is 45.9 Å². The van der Waals surface area contributed by atoms with E-state index >= 15 is 0 Å². The minimum absolute atomic E-state index is 0.00387. The first-order valence-corrected chi connectivity index (χ1v) is 18.4. The first kappa shape index (κ1) is 31.1. The summed E-state index contributed by atoms with van der Waals surface area (Å²) in [4.78, 5) is 58.5. The number of alkyl halides is 2. The Bertz CT molecular complexity index is 1920. The van der Waals surface area contributed by atoms with Gasteiger partial charge in [0.2, 0.25) is 11.8 Å². The van der Waals surface area contributed by atoms with Crippen molar-refractivity contribution >= 4 is 101 Å². The summed E-state index contributed by atoms with van der Waals surface area (Å²) in [7, 11) is 0. The molecule has 8 nitrogen and oxygen atoms in total. The summed E-state index contributed by atoms with van der Waals surface area (Å²) < 4.78 is 13.2. The highest BCUT2D eigenvalue weighted by atomic mass is 35.5. The topological polar surface area (TPSA) is 93.2 Å². The summed E-state index contributed by atoms with van der Waals surface area (Å²) in [6.45, 7) is 7.66. The van der Waals surface area contributed by atoms with Gasteiger partial charge in [0.25, 0.3) is 0 Å². The van der Waals surface area contributed by atoms with Gasteiger partial charge in [-0.3, -0.25) is 19.2 Å². The lowest BCUT2D eigenvalue weighted by atomic mass is 9.34. The van der Waals surface area contributed by atoms with Crippen molar-refractivity contribution in [2.75, 3.05) is 34.6 Å². The number of nitrogens with zero attached hydrogens (tertiary/aromatic N) is 2. The predicted molar refractivity (Wildman–Crippen MR) is 186 cm³/mol. The molecule has 2 aromatic carbocycles. The number of carbonyl (C=O) groups is 4. The van der Waals surface area contributed by atoms with Gasteiger partial charge in [0.15, 0.2) is 0 Å². The van der Waals surface area contributed by atoms with E-state index in [0.29, 0.717) is 55.6 Å². The molecule has 5 aliphatic rings. The van der Waals surface area contributed by atoms with E-state index in [4.69, 9.17) is 32.7 Å². The molecule has 2 atom stereocenters. The van der Waals surface area contributed by atoms with Crippen molar-refractivity contribution in [3.63, 3.8) is 0 Å². The van der Waals surface area contributed by atoms with Crippen LogP contribution in [0.5, 0.6) is 11.5 Å². The predicted octanol–water partition coefficient (Wildman–Crippen LogP) is 7.79. The number of rotatable bonds is 6. The number of amides is 2. The van der Waals surface area contributed by atoms with Gasteiger partial charge in [0, 0.05) is 104 Å². The average Bonchev–Trinajstić information content (AvgIpc) is 3.72. The van der Waals surface area contributed by atoms with Crippen molar-refractivity contribution in [2.45, 2.75) is 58.8 Å². The van der Waals surface area contributed by atoms with Crippen molar-refractivity contribution in [1.29, 1.82) is 0 Å². The SMILES string of the molecule is CC(=O)Oc1cc2c(c3sc(C)cc13)C(CCl)CN2C(=O)C12CC(C(=O)N3C[C@@H](CCl)c4c3cc(OC(C)=O)c3cc(C)sc43)(C1)C2. The summed E-state index contributed by atoms with van der Waals surface area (Å²) in [5.41, 5.74) is 2.28. The number of anilines is 2. The van der Waals surface area contributed by atoms with E-state index in [9.17, 15) is 19.2 Å². The quantitative estimate of drug-likeness (QED) is 0.115. The molecule has 244 valence electrons. The highest BCUT2D eigenvalue weighted by molar-refractivity contribution is 7.19. The fourth-order valence-corrected chi connectivity index (χ4v) is 11.4. The molecule has 0 saturated heterocycles. The van der Waals surface area contributed by atoms with Gasteiger partial charge in [0.05, 0.1) is 22.2 Å². The van der Waals surface area contributed by atoms with E-state index in [1.807, 2.05) is 47.9 Å². The summed E-state index contributed by atoms with van der Waals surface area (Å²) in [5, 5.41) is 1.71. The molecule has 0 radical (unpaired) electrons. The molecule has 0 spiro atoms. The van der Waals surface area contributed by atoms with Crippen LogP contribution in [0.1, 0.15) is 65.8 Å². The van der Waals surface area contributed by atoms with Gasteiger partial charge in [0.1, 0.15) is 11.5 Å². The summed E-state index contributed by atoms with van der Waals surface area (Å²) in [6, 6.07) is 7.64. The zero-order chi connectivity index (χ0) is 33.2. The Hall–Kier alpha value is -3.18. The number of hydrogen-bond donors (Lipinski definition) is 0. The first-order valence-electron chi connectivity index (χ1n) is 15.7. The van der Waals surface area contributed by atoms with E-state index in [1.54, 1.807) is 22.7 Å². The summed E-state index contributed by atoms with van der Waals surface area (Å²) >= 11 is 16.2. The van der Waals surface area contributed by atoms with Crippen molar-refractivity contribution in [2.24, 2.45) is 10.8 Å². The van der Waals surface area contributed by atoms with Crippen LogP contribution < -0.4 is 19.3 Å². The molecule has 3 saturated carbocycles. The van der Waals surface area contributed by atoms with Crippen LogP contribution in [0.3, 0.4) is 0 Å². The average molecular weight is 712 g/mol. The maximum Gasteiger partial charge on any atom is 0.308 e. The number of ether oxygens (including phenoxy) is 2. The zero-order valence-corrected chi connectivity index (χ0v) is 29.5. The highest BCUT2D eigenvalue weighted by Gasteiger charge is 2.76. The van der Waals surface area contributed by atoms with Crippen LogP contribution in [0.25, 0.3) is 20.2 Å². The lowest BCUT2D eigenvalue weighted by Crippen LogP contribution is -2.73. The van der Waals surface area contributed by atoms with E-state index in [2.05, 4.69) is 0 Å². The number of carbonyl (C=O) groups excluding carboxylic acids is 4. The molecule has 2 amide bonds. The number of thiophene rings is 2. The highest BCUT2D eigenvalue weighted by Crippen LogP contribution is 2.75. The number of hydrogen-bond acceptors (Lipinski definition) is 8. The third-order valence-electron chi connectivity index (χ3n) is 10.3. The standard InChI is InChI=1S/C35H32Cl2N2O6S2/c1-16-5-22-26(44-18(3)40)7-24-28(30(22)46-16)20(9-36)11-38(24)32(42)34-13-35(14-34,15-34)33(43)39-12-21(10-37)29-25(39)8-27(45-19(4)41)23-6-17(2)47-31(23)29/h5-8,20-21H,9-15H2,1-4H3/t20-,21?,34?,35?/m1/s1. The second-order valence-electron chi connectivity index (χ2n) is 13.6. The van der Waals surface area contributed by atoms with Gasteiger partial charge in [-0.25, -0.2) is 0 Å². The van der Waals surface area contributed by atoms with Crippen LogP contribution in [-0.4, -0.2) is 48.6 Å². The Morgan fingerprint density at radius 2 is 1.11 bits per heavy atom. The van der Waals surface area contributed by atoms with Gasteiger partial charge in [-0.05, 0) is 45.2 Å². The molecule has 47 heavy (non-hydrogen) atoms. The lowest BCUT2D eigenvalue weighted by Gasteiger charge is -2.69. The normalized spacial score (nSPS) is 25.4. The van der Waals surface area contributed by atoms with Gasteiger partial charge in [-0.2, -0.15) is 0 Å². The lowest BCUT2D eigenvalue weighted by molar-refractivity contribution is -0.205. The molecule has 2 bridgehead atoms. The Morgan fingerprint density at radius 1 is 0.723 bits per heavy atom. The van der Waals surface area contributed by atoms with Crippen molar-refractivity contribution in [3.8, 4) is 11.5 Å². The molecule has 1 unspecified atom stereocenters. The summed E-state index contributed by atoms with van der Waals surface area (Å²) in [5.74, 6) is 0.638. The largest absolute Gasteiger partial charge is 0.426 e. The van der Waals surface area contributed by atoms with Crippen LogP contribution in [-0.2, 0) is 19.2 Å². The number of esters is 2. The Balaban J connectivity index is 1.09. The molecule has 4 heterocycles. The van der Waals surface area contributed by atoms with Crippen LogP contribution >= 0.6 is 45.9 Å². The molecule has 0 N–H and O–H groups in total. The summed E-state index contributed by atoms with van der Waals surface area (Å²) in [6.07, 6.45) is 1.42. The number of fused-ring (bicyclic) bond motifs is 6. The van der Waals surface area contributed by atoms with Crippen molar-refractivity contribution in [3.05, 3.63) is 45.1 Å². The van der Waals surface area contributed by atoms with Gasteiger partial charge >= 0.3 is 11.9 Å². The Kier molecular flexibility index (Phi) is 7.06. The minimum Gasteiger partial charge on any atom is -0.426 e. The zero-order valence-electron chi connectivity index (χ0n) is 26.3. The molecular weight excluding hydrogens is 679 g/mol. The molecule has 3 fully saturated rings. The Morgan fingerprint density at radius 3 is 1.45 bits per heavy atom. The second kappa shape index (κ2) is 10.7. The van der Waals surface area contributed by atoms with E-state index in [0.717, 1.165) is 52.4 Å². The second-order valence-corrected chi connectivity index (χ2v) is 16.8. The molecular formula is C35H32Cl2N2O6S2. The van der Waals surface area contributed by atoms with Gasteiger partial charge < -0.3 is 19.3 Å². The first-order chi connectivity index (χ1) is 22.4. The molecule has 9 rings (SSSR count). The van der Waals surface area contributed by atoms with E-state index < -0.39 is 22.8 Å². The number of benzene rings is 2. The Labute approximate surface area is 289 Å². The van der Waals surface area contributed by atoms with E-state index in [1.165, 1.54) is 13.8 Å². The monoisotopic (exact) mass is 710 g/mol. The third kappa shape index (κ3) is 4.44. The molecule has 2 aliphatic heterocycles. The molecule has 4 aromatic rings. The number of halogens is 2. The van der Waals surface area contributed by atoms with Crippen molar-refractivity contribution < 1.29 is 28.7 Å². The van der Waals surface area contributed by atoms with Crippen LogP contribution in [0.2, 0.25) is 0 Å². The maximum atomic E-state index is 14.4. The molecule has 3 aliphatic carbocycles. The minimum atomic E-state index is -0.623. The molecule has 12 heteroatoms. The van der Waals surface area contributed by atoms with Crippen LogP contribution in [0.4, 0.5) is 11.4 Å². The van der Waals surface area contributed by atoms with Crippen LogP contribution in [0.15, 0.2) is 24.3 Å². The smallest absolute Gasteiger partial charge is 0.308 e. The van der Waals surface area contributed by atoms with Crippen molar-refractivity contribution in [1.82, 2.24) is 0 Å². The fraction of sp³-hybridized carbons (Fsp3) is 0.429. The molecule has 2 aromatic heterocycles. The maximum absolute atomic E-state index is 14.4. The third-order valence-corrected chi connectivity index (χ3v) is 13.2. The van der Waals surface area contributed by atoms with Gasteiger partial charge in [-0.1, -0.05) is 0 Å². The fourth-order valence-electron chi connectivity index (χ4n) is 8.57. The number of aryl methyl sites for hydroxylation is 2. The van der Waals surface area contributed by atoms with E-state index in [-0.39, 0.29) is 23.7 Å². The van der Waals surface area contributed by atoms with Crippen LogP contribution in [0, 0.1) is 24.7 Å².